The third-order valence-corrected chi connectivity index (χ3v) is 5.91. The number of benzene rings is 2. The van der Waals surface area contributed by atoms with Crippen molar-refractivity contribution in [3.63, 3.8) is 0 Å². The average Bonchev–Trinajstić information content (AvgIpc) is 2.90. The van der Waals surface area contributed by atoms with Gasteiger partial charge in [0.05, 0.1) is 17.5 Å². The third-order valence-electron chi connectivity index (χ3n) is 5.91. The topological polar surface area (TPSA) is 91.3 Å². The number of nitrogens with one attached hydrogen (secondary N) is 1. The number of anilines is 2. The summed E-state index contributed by atoms with van der Waals surface area (Å²) in [7, 11) is 0. The van der Waals surface area contributed by atoms with Gasteiger partial charge in [-0.3, -0.25) is 14.6 Å². The Labute approximate surface area is 197 Å². The van der Waals surface area contributed by atoms with Crippen LogP contribution in [0.15, 0.2) is 79.3 Å². The maximum Gasteiger partial charge on any atom is 0.257 e. The highest BCUT2D eigenvalue weighted by molar-refractivity contribution is 6.11. The van der Waals surface area contributed by atoms with Gasteiger partial charge in [-0.2, -0.15) is 0 Å². The first-order valence-electron chi connectivity index (χ1n) is 11.2. The maximum absolute atomic E-state index is 12.8. The molecule has 0 radical (unpaired) electrons. The minimum atomic E-state index is -0.214. The van der Waals surface area contributed by atoms with Gasteiger partial charge < -0.3 is 15.1 Å². The Hall–Kier alpha value is -4.33. The smallest absolute Gasteiger partial charge is 0.257 e. The van der Waals surface area contributed by atoms with E-state index in [1.165, 1.54) is 0 Å². The molecule has 1 aliphatic rings. The SMILES string of the molecule is O=C(Nc1ccc(CC(=O)N2CCN(c3ncccn3)CC2)cc1)c1cccc2cccnc12. The monoisotopic (exact) mass is 452 g/mol. The molecular weight excluding hydrogens is 428 g/mol. The van der Waals surface area contributed by atoms with Gasteiger partial charge in [-0.05, 0) is 35.9 Å². The van der Waals surface area contributed by atoms with Crippen LogP contribution in [0.3, 0.4) is 0 Å². The number of aromatic nitrogens is 3. The third kappa shape index (κ3) is 4.71. The molecule has 1 saturated heterocycles. The second-order valence-corrected chi connectivity index (χ2v) is 8.13. The fourth-order valence-electron chi connectivity index (χ4n) is 4.09. The van der Waals surface area contributed by atoms with Crippen molar-refractivity contribution < 1.29 is 9.59 Å². The van der Waals surface area contributed by atoms with Gasteiger partial charge in [-0.25, -0.2) is 9.97 Å². The van der Waals surface area contributed by atoms with E-state index in [0.29, 0.717) is 55.3 Å². The molecule has 0 spiro atoms. The van der Waals surface area contributed by atoms with Gasteiger partial charge in [-0.15, -0.1) is 0 Å². The van der Waals surface area contributed by atoms with Crippen molar-refractivity contribution in [2.75, 3.05) is 36.4 Å². The van der Waals surface area contributed by atoms with E-state index in [1.807, 2.05) is 53.4 Å². The number of hydrogen-bond donors (Lipinski definition) is 1. The number of para-hydroxylation sites is 1. The van der Waals surface area contributed by atoms with Crippen molar-refractivity contribution in [3.05, 3.63) is 90.4 Å². The molecule has 2 aromatic heterocycles. The minimum absolute atomic E-state index is 0.0900. The molecule has 0 unspecified atom stereocenters. The number of fused-ring (bicyclic) bond motifs is 1. The van der Waals surface area contributed by atoms with Crippen molar-refractivity contribution in [2.45, 2.75) is 6.42 Å². The summed E-state index contributed by atoms with van der Waals surface area (Å²) in [6, 6.07) is 18.5. The van der Waals surface area contributed by atoms with E-state index in [-0.39, 0.29) is 11.8 Å². The van der Waals surface area contributed by atoms with E-state index in [2.05, 4.69) is 25.2 Å². The average molecular weight is 453 g/mol. The Bertz CT molecular complexity index is 1300. The maximum atomic E-state index is 12.8. The van der Waals surface area contributed by atoms with Crippen molar-refractivity contribution in [3.8, 4) is 0 Å². The Morgan fingerprint density at radius 1 is 0.794 bits per heavy atom. The molecule has 34 heavy (non-hydrogen) atoms. The molecule has 2 amide bonds. The molecule has 3 heterocycles. The van der Waals surface area contributed by atoms with E-state index in [1.54, 1.807) is 30.7 Å². The number of hydrogen-bond acceptors (Lipinski definition) is 6. The fraction of sp³-hybridized carbons (Fsp3) is 0.192. The molecule has 5 rings (SSSR count). The van der Waals surface area contributed by atoms with Crippen LogP contribution in [0, 0.1) is 0 Å². The van der Waals surface area contributed by atoms with Gasteiger partial charge in [0.15, 0.2) is 0 Å². The summed E-state index contributed by atoms with van der Waals surface area (Å²) in [5, 5.41) is 3.84. The molecule has 2 aromatic carbocycles. The normalized spacial score (nSPS) is 13.6. The summed E-state index contributed by atoms with van der Waals surface area (Å²) in [6.07, 6.45) is 5.46. The summed E-state index contributed by atoms with van der Waals surface area (Å²) in [5.41, 5.74) is 2.77. The highest BCUT2D eigenvalue weighted by Gasteiger charge is 2.22. The summed E-state index contributed by atoms with van der Waals surface area (Å²) in [4.78, 5) is 42.5. The second-order valence-electron chi connectivity index (χ2n) is 8.13. The quantitative estimate of drug-likeness (QED) is 0.500. The Morgan fingerprint density at radius 2 is 1.50 bits per heavy atom. The van der Waals surface area contributed by atoms with E-state index in [9.17, 15) is 9.59 Å². The van der Waals surface area contributed by atoms with Crippen LogP contribution in [-0.4, -0.2) is 57.8 Å². The molecule has 0 bridgehead atoms. The highest BCUT2D eigenvalue weighted by Crippen LogP contribution is 2.19. The molecule has 1 aliphatic heterocycles. The van der Waals surface area contributed by atoms with Gasteiger partial charge in [0, 0.05) is 55.8 Å². The minimum Gasteiger partial charge on any atom is -0.339 e. The van der Waals surface area contributed by atoms with E-state index < -0.39 is 0 Å². The Kier molecular flexibility index (Phi) is 6.11. The molecule has 8 nitrogen and oxygen atoms in total. The summed E-state index contributed by atoms with van der Waals surface area (Å²) in [6.45, 7) is 2.71. The molecule has 8 heteroatoms. The predicted octanol–water partition coefficient (Wildman–Crippen LogP) is 3.17. The molecule has 0 saturated carbocycles. The summed E-state index contributed by atoms with van der Waals surface area (Å²) < 4.78 is 0. The predicted molar refractivity (Wildman–Crippen MR) is 131 cm³/mol. The first-order chi connectivity index (χ1) is 16.7. The molecule has 1 fully saturated rings. The second kappa shape index (κ2) is 9.66. The first kappa shape index (κ1) is 21.5. The van der Waals surface area contributed by atoms with Crippen LogP contribution in [0.4, 0.5) is 11.6 Å². The number of rotatable bonds is 5. The number of amides is 2. The first-order valence-corrected chi connectivity index (χ1v) is 11.2. The van der Waals surface area contributed by atoms with Crippen molar-refractivity contribution >= 4 is 34.4 Å². The summed E-state index contributed by atoms with van der Waals surface area (Å²) in [5.74, 6) is 0.576. The number of nitrogens with zero attached hydrogens (tertiary/aromatic N) is 5. The van der Waals surface area contributed by atoms with E-state index >= 15 is 0 Å². The lowest BCUT2D eigenvalue weighted by Crippen LogP contribution is -2.49. The van der Waals surface area contributed by atoms with Crippen LogP contribution in [0.2, 0.25) is 0 Å². The zero-order valence-corrected chi connectivity index (χ0v) is 18.6. The highest BCUT2D eigenvalue weighted by atomic mass is 16.2. The van der Waals surface area contributed by atoms with Gasteiger partial charge in [0.1, 0.15) is 0 Å². The molecule has 170 valence electrons. The van der Waals surface area contributed by atoms with Crippen LogP contribution in [0.5, 0.6) is 0 Å². The standard InChI is InChI=1S/C26H24N6O2/c33-23(31-14-16-32(17-15-31)26-28-12-3-13-29-26)18-19-7-9-21(10-8-19)30-25(34)22-6-1-4-20-5-2-11-27-24(20)22/h1-13H,14-18H2,(H,30,34). The van der Waals surface area contributed by atoms with Crippen molar-refractivity contribution in [1.29, 1.82) is 0 Å². The number of piperazine rings is 1. The van der Waals surface area contributed by atoms with Crippen LogP contribution < -0.4 is 10.2 Å². The van der Waals surface area contributed by atoms with Crippen LogP contribution >= 0.6 is 0 Å². The largest absolute Gasteiger partial charge is 0.339 e. The van der Waals surface area contributed by atoms with Crippen LogP contribution in [0.25, 0.3) is 10.9 Å². The molecule has 1 N–H and O–H groups in total. The van der Waals surface area contributed by atoms with Gasteiger partial charge >= 0.3 is 0 Å². The molecular formula is C26H24N6O2. The lowest BCUT2D eigenvalue weighted by atomic mass is 10.1. The van der Waals surface area contributed by atoms with Gasteiger partial charge in [0.2, 0.25) is 11.9 Å². The van der Waals surface area contributed by atoms with Gasteiger partial charge in [-0.1, -0.05) is 30.3 Å². The van der Waals surface area contributed by atoms with Gasteiger partial charge in [0.25, 0.3) is 5.91 Å². The Morgan fingerprint density at radius 3 is 2.26 bits per heavy atom. The molecule has 0 atom stereocenters. The van der Waals surface area contributed by atoms with Crippen LogP contribution in [-0.2, 0) is 11.2 Å². The van der Waals surface area contributed by atoms with Crippen molar-refractivity contribution in [2.24, 2.45) is 0 Å². The number of carbonyl (C=O) groups excluding carboxylic acids is 2. The van der Waals surface area contributed by atoms with Crippen LogP contribution in [0.1, 0.15) is 15.9 Å². The van der Waals surface area contributed by atoms with E-state index in [4.69, 9.17) is 0 Å². The fourth-order valence-corrected chi connectivity index (χ4v) is 4.09. The van der Waals surface area contributed by atoms with Crippen molar-refractivity contribution in [1.82, 2.24) is 19.9 Å². The Balaban J connectivity index is 1.17. The summed E-state index contributed by atoms with van der Waals surface area (Å²) >= 11 is 0. The lowest BCUT2D eigenvalue weighted by molar-refractivity contribution is -0.130. The number of carbonyl (C=O) groups is 2. The molecule has 0 aliphatic carbocycles. The van der Waals surface area contributed by atoms with E-state index in [0.717, 1.165) is 10.9 Å². The lowest BCUT2D eigenvalue weighted by Gasteiger charge is -2.34. The zero-order chi connectivity index (χ0) is 23.3. The zero-order valence-electron chi connectivity index (χ0n) is 18.6. The molecule has 4 aromatic rings. The number of pyridine rings is 1.